The highest BCUT2D eigenvalue weighted by molar-refractivity contribution is 14.0. The van der Waals surface area contributed by atoms with Crippen LogP contribution in [0.1, 0.15) is 39.0 Å². The van der Waals surface area contributed by atoms with Crippen LogP contribution in [0.4, 0.5) is 0 Å². The summed E-state index contributed by atoms with van der Waals surface area (Å²) in [7, 11) is -1.60. The number of sulfonamides is 1. The van der Waals surface area contributed by atoms with Crippen LogP contribution in [-0.4, -0.2) is 51.9 Å². The van der Waals surface area contributed by atoms with E-state index in [1.165, 1.54) is 15.6 Å². The molecule has 0 radical (unpaired) electrons. The van der Waals surface area contributed by atoms with Gasteiger partial charge in [0, 0.05) is 38.1 Å². The van der Waals surface area contributed by atoms with Crippen molar-refractivity contribution >= 4 is 51.3 Å². The minimum absolute atomic E-state index is 0. The van der Waals surface area contributed by atoms with Gasteiger partial charge in [0.2, 0.25) is 0 Å². The Bertz CT molecular complexity index is 641. The van der Waals surface area contributed by atoms with E-state index in [0.717, 1.165) is 30.2 Å². The molecule has 0 fully saturated rings. The average Bonchev–Trinajstić information content (AvgIpc) is 3.03. The second-order valence-corrected chi connectivity index (χ2v) is 9.50. The number of hydrogen-bond acceptors (Lipinski definition) is 4. The molecule has 2 N–H and O–H groups in total. The highest BCUT2D eigenvalue weighted by Gasteiger charge is 2.23. The molecule has 0 amide bonds. The van der Waals surface area contributed by atoms with Crippen LogP contribution in [0, 0.1) is 5.92 Å². The summed E-state index contributed by atoms with van der Waals surface area (Å²) in [5.74, 6) is 1.44. The van der Waals surface area contributed by atoms with Crippen molar-refractivity contribution in [1.29, 1.82) is 0 Å². The van der Waals surface area contributed by atoms with Crippen molar-refractivity contribution in [2.75, 3.05) is 33.2 Å². The number of nitrogens with one attached hydrogen (secondary N) is 2. The second-order valence-electron chi connectivity index (χ2n) is 6.17. The number of nitrogens with zero attached hydrogens (tertiary/aromatic N) is 2. The van der Waals surface area contributed by atoms with Gasteiger partial charge in [-0.2, -0.15) is 4.31 Å². The van der Waals surface area contributed by atoms with Crippen LogP contribution < -0.4 is 10.6 Å². The highest BCUT2D eigenvalue weighted by Crippen LogP contribution is 2.25. The fourth-order valence-electron chi connectivity index (χ4n) is 2.33. The lowest BCUT2D eigenvalue weighted by molar-refractivity contribution is 0.447. The zero-order valence-electron chi connectivity index (χ0n) is 16.4. The van der Waals surface area contributed by atoms with E-state index in [0.29, 0.717) is 29.8 Å². The molecule has 1 aromatic heterocycles. The van der Waals surface area contributed by atoms with Crippen LogP contribution in [0.15, 0.2) is 21.3 Å². The maximum Gasteiger partial charge on any atom is 0.252 e. The van der Waals surface area contributed by atoms with Gasteiger partial charge in [0.25, 0.3) is 10.0 Å². The van der Waals surface area contributed by atoms with E-state index in [1.807, 2.05) is 19.9 Å². The van der Waals surface area contributed by atoms with Gasteiger partial charge in [0.15, 0.2) is 5.96 Å². The third kappa shape index (κ3) is 8.10. The monoisotopic (exact) mass is 516 g/mol. The maximum absolute atomic E-state index is 12.5. The predicted molar refractivity (Wildman–Crippen MR) is 122 cm³/mol. The fourth-order valence-corrected chi connectivity index (χ4v) is 5.29. The van der Waals surface area contributed by atoms with E-state index in [-0.39, 0.29) is 24.0 Å². The van der Waals surface area contributed by atoms with Crippen molar-refractivity contribution in [3.05, 3.63) is 17.0 Å². The van der Waals surface area contributed by atoms with Crippen LogP contribution >= 0.6 is 35.3 Å². The topological polar surface area (TPSA) is 73.8 Å². The van der Waals surface area contributed by atoms with Gasteiger partial charge in [-0.15, -0.1) is 35.3 Å². The van der Waals surface area contributed by atoms with Crippen molar-refractivity contribution < 1.29 is 8.42 Å². The third-order valence-corrected chi connectivity index (χ3v) is 7.50. The molecule has 0 aliphatic rings. The molecule has 0 unspecified atom stereocenters. The Balaban J connectivity index is 0.00000625. The zero-order valence-corrected chi connectivity index (χ0v) is 20.4. The van der Waals surface area contributed by atoms with E-state index in [2.05, 4.69) is 29.5 Å². The molecule has 0 saturated heterocycles. The van der Waals surface area contributed by atoms with Gasteiger partial charge in [0.1, 0.15) is 4.21 Å². The van der Waals surface area contributed by atoms with E-state index in [1.54, 1.807) is 13.1 Å². The van der Waals surface area contributed by atoms with Crippen molar-refractivity contribution in [2.45, 2.75) is 44.7 Å². The van der Waals surface area contributed by atoms with E-state index in [9.17, 15) is 8.42 Å². The molecule has 6 nitrogen and oxygen atoms in total. The van der Waals surface area contributed by atoms with Crippen LogP contribution in [0.3, 0.4) is 0 Å². The molecule has 26 heavy (non-hydrogen) atoms. The summed E-state index contributed by atoms with van der Waals surface area (Å²) in [6.45, 7) is 10.7. The first kappa shape index (κ1) is 25.6. The summed E-state index contributed by atoms with van der Waals surface area (Å²) in [6, 6.07) is 3.61. The molecule has 0 aromatic carbocycles. The molecular formula is C17H33IN4O2S2. The minimum atomic E-state index is -3.35. The molecule has 152 valence electrons. The molecule has 9 heteroatoms. The van der Waals surface area contributed by atoms with Gasteiger partial charge < -0.3 is 10.6 Å². The first-order valence-electron chi connectivity index (χ1n) is 8.88. The normalized spacial score (nSPS) is 12.3. The van der Waals surface area contributed by atoms with E-state index >= 15 is 0 Å². The van der Waals surface area contributed by atoms with Crippen LogP contribution in [0.2, 0.25) is 0 Å². The van der Waals surface area contributed by atoms with Crippen molar-refractivity contribution in [3.8, 4) is 0 Å². The number of guanidine groups is 1. The maximum atomic E-state index is 12.5. The lowest BCUT2D eigenvalue weighted by atomic mass is 10.1. The molecule has 0 saturated carbocycles. The van der Waals surface area contributed by atoms with Crippen LogP contribution in [0.25, 0.3) is 0 Å². The van der Waals surface area contributed by atoms with Crippen molar-refractivity contribution in [3.63, 3.8) is 0 Å². The lowest BCUT2D eigenvalue weighted by Gasteiger charge is -2.16. The second kappa shape index (κ2) is 12.9. The Hall–Kier alpha value is -0.390. The van der Waals surface area contributed by atoms with Crippen LogP contribution in [-0.2, 0) is 16.4 Å². The van der Waals surface area contributed by atoms with Gasteiger partial charge in [-0.3, -0.25) is 4.99 Å². The first-order chi connectivity index (χ1) is 11.8. The number of rotatable bonds is 10. The molecule has 0 atom stereocenters. The predicted octanol–water partition coefficient (Wildman–Crippen LogP) is 3.15. The Morgan fingerprint density at radius 2 is 1.81 bits per heavy atom. The summed E-state index contributed by atoms with van der Waals surface area (Å²) in [5, 5.41) is 6.56. The largest absolute Gasteiger partial charge is 0.356 e. The fraction of sp³-hybridized carbons (Fsp3) is 0.706. The minimum Gasteiger partial charge on any atom is -0.356 e. The summed E-state index contributed by atoms with van der Waals surface area (Å²) < 4.78 is 26.9. The lowest BCUT2D eigenvalue weighted by Crippen LogP contribution is -2.38. The Kier molecular flexibility index (Phi) is 12.7. The van der Waals surface area contributed by atoms with Crippen molar-refractivity contribution in [1.82, 2.24) is 14.9 Å². The molecule has 0 aliphatic carbocycles. The summed E-state index contributed by atoms with van der Waals surface area (Å²) >= 11 is 1.35. The van der Waals surface area contributed by atoms with E-state index < -0.39 is 10.0 Å². The smallest absolute Gasteiger partial charge is 0.252 e. The molecule has 0 spiro atoms. The highest BCUT2D eigenvalue weighted by atomic mass is 127. The number of hydrogen-bond donors (Lipinski definition) is 2. The van der Waals surface area contributed by atoms with Gasteiger partial charge >= 0.3 is 0 Å². The first-order valence-corrected chi connectivity index (χ1v) is 11.1. The standard InChI is InChI=1S/C17H32N4O2S2.HI/c1-6-21(7-2)25(22,23)16-9-8-15(24-16)11-13-20-17(18-5)19-12-10-14(3)4;/h8-9,14H,6-7,10-13H2,1-5H3,(H2,18,19,20);1H. The molecule has 0 aliphatic heterocycles. The molecular weight excluding hydrogens is 483 g/mol. The average molecular weight is 517 g/mol. The van der Waals surface area contributed by atoms with Crippen LogP contribution in [0.5, 0.6) is 0 Å². The zero-order chi connectivity index (χ0) is 18.9. The van der Waals surface area contributed by atoms with Gasteiger partial charge in [-0.1, -0.05) is 27.7 Å². The quantitative estimate of drug-likeness (QED) is 0.285. The van der Waals surface area contributed by atoms with Gasteiger partial charge in [-0.25, -0.2) is 8.42 Å². The van der Waals surface area contributed by atoms with Gasteiger partial charge in [0.05, 0.1) is 0 Å². The van der Waals surface area contributed by atoms with Crippen molar-refractivity contribution in [2.24, 2.45) is 10.9 Å². The molecule has 0 bridgehead atoms. The summed E-state index contributed by atoms with van der Waals surface area (Å²) in [6.07, 6.45) is 1.86. The Labute approximate surface area is 179 Å². The Morgan fingerprint density at radius 1 is 1.19 bits per heavy atom. The number of halogens is 1. The van der Waals surface area contributed by atoms with E-state index in [4.69, 9.17) is 0 Å². The third-order valence-electron chi connectivity index (χ3n) is 3.84. The molecule has 1 rings (SSSR count). The molecule has 1 heterocycles. The number of aliphatic imine (C=N–C) groups is 1. The number of thiophene rings is 1. The SMILES string of the molecule is CCN(CC)S(=O)(=O)c1ccc(CCNC(=NC)NCCC(C)C)s1.I. The summed E-state index contributed by atoms with van der Waals surface area (Å²) in [5.41, 5.74) is 0. The van der Waals surface area contributed by atoms with Gasteiger partial charge in [-0.05, 0) is 30.9 Å². The Morgan fingerprint density at radius 3 is 2.35 bits per heavy atom. The molecule has 1 aromatic rings. The summed E-state index contributed by atoms with van der Waals surface area (Å²) in [4.78, 5) is 5.25.